The molecule has 0 saturated heterocycles. The van der Waals surface area contributed by atoms with E-state index in [9.17, 15) is 9.90 Å². The number of hydrogen-bond acceptors (Lipinski definition) is 3. The zero-order valence-corrected chi connectivity index (χ0v) is 9.80. The van der Waals surface area contributed by atoms with Crippen molar-refractivity contribution in [3.05, 3.63) is 35.9 Å². The molecule has 0 bridgehead atoms. The Morgan fingerprint density at radius 2 is 1.88 bits per heavy atom. The molecule has 4 heteroatoms. The third-order valence-corrected chi connectivity index (χ3v) is 2.53. The highest BCUT2D eigenvalue weighted by atomic mass is 16.3. The van der Waals surface area contributed by atoms with Crippen molar-refractivity contribution in [1.29, 1.82) is 0 Å². The molecule has 3 N–H and O–H groups in total. The number of aliphatic hydroxyl groups excluding tert-OH is 2. The molecule has 0 aliphatic heterocycles. The topological polar surface area (TPSA) is 69.6 Å². The molecule has 0 aliphatic carbocycles. The van der Waals surface area contributed by atoms with Crippen LogP contribution in [-0.4, -0.2) is 29.3 Å². The molecule has 0 unspecified atom stereocenters. The summed E-state index contributed by atoms with van der Waals surface area (Å²) >= 11 is 0. The third-order valence-electron chi connectivity index (χ3n) is 2.53. The molecule has 1 aromatic rings. The molecular formula is C13H19NO3. The van der Waals surface area contributed by atoms with E-state index in [4.69, 9.17) is 5.11 Å². The van der Waals surface area contributed by atoms with Gasteiger partial charge in [-0.3, -0.25) is 4.79 Å². The van der Waals surface area contributed by atoms with Gasteiger partial charge in [0.25, 0.3) is 0 Å². The van der Waals surface area contributed by atoms with Gasteiger partial charge in [0, 0.05) is 13.0 Å². The minimum Gasteiger partial charge on any atom is -0.396 e. The Labute approximate surface area is 101 Å². The second-order valence-corrected chi connectivity index (χ2v) is 3.89. The summed E-state index contributed by atoms with van der Waals surface area (Å²) in [6, 6.07) is 9.02. The van der Waals surface area contributed by atoms with Crippen LogP contribution in [0.25, 0.3) is 0 Å². The monoisotopic (exact) mass is 237 g/mol. The lowest BCUT2D eigenvalue weighted by Gasteiger charge is -2.16. The Kier molecular flexibility index (Phi) is 6.29. The first kappa shape index (κ1) is 13.7. The van der Waals surface area contributed by atoms with E-state index in [2.05, 4.69) is 5.32 Å². The summed E-state index contributed by atoms with van der Waals surface area (Å²) in [4.78, 5) is 11.6. The molecule has 0 aromatic heterocycles. The highest BCUT2D eigenvalue weighted by Gasteiger charge is 2.12. The van der Waals surface area contributed by atoms with E-state index < -0.39 is 0 Å². The van der Waals surface area contributed by atoms with Gasteiger partial charge in [-0.25, -0.2) is 0 Å². The lowest BCUT2D eigenvalue weighted by Crippen LogP contribution is -2.30. The van der Waals surface area contributed by atoms with E-state index in [-0.39, 0.29) is 25.2 Å². The van der Waals surface area contributed by atoms with Crippen molar-refractivity contribution in [3.8, 4) is 0 Å². The van der Waals surface area contributed by atoms with E-state index in [1.54, 1.807) is 0 Å². The summed E-state index contributed by atoms with van der Waals surface area (Å²) in [6.45, 7) is -0.00878. The summed E-state index contributed by atoms with van der Waals surface area (Å²) in [5.74, 6) is -0.0960. The van der Waals surface area contributed by atoms with Crippen molar-refractivity contribution in [2.75, 3.05) is 13.2 Å². The Bertz CT molecular complexity index is 327. The average Bonchev–Trinajstić information content (AvgIpc) is 2.37. The second kappa shape index (κ2) is 7.81. The Balaban J connectivity index is 2.44. The number of benzene rings is 1. The standard InChI is InChI=1S/C13H19NO3/c15-9-5-4-8-13(17)14-12(10-16)11-6-2-1-3-7-11/h1-3,6-7,12,15-16H,4-5,8-10H2,(H,14,17)/t12-/m0/s1. The van der Waals surface area contributed by atoms with Gasteiger partial charge in [0.15, 0.2) is 0 Å². The van der Waals surface area contributed by atoms with Crippen LogP contribution in [0.15, 0.2) is 30.3 Å². The first-order chi connectivity index (χ1) is 8.27. The van der Waals surface area contributed by atoms with Crippen molar-refractivity contribution in [2.45, 2.75) is 25.3 Å². The molecule has 17 heavy (non-hydrogen) atoms. The van der Waals surface area contributed by atoms with Crippen LogP contribution < -0.4 is 5.32 Å². The number of rotatable bonds is 7. The molecule has 94 valence electrons. The largest absolute Gasteiger partial charge is 0.396 e. The summed E-state index contributed by atoms with van der Waals surface area (Å²) in [6.07, 6.45) is 1.67. The Morgan fingerprint density at radius 3 is 2.47 bits per heavy atom. The zero-order valence-electron chi connectivity index (χ0n) is 9.80. The lowest BCUT2D eigenvalue weighted by molar-refractivity contribution is -0.122. The van der Waals surface area contributed by atoms with Crippen LogP contribution in [0.2, 0.25) is 0 Å². The summed E-state index contributed by atoms with van der Waals surface area (Å²) in [5, 5.41) is 20.6. The molecule has 1 aromatic carbocycles. The van der Waals surface area contributed by atoms with Crippen LogP contribution in [0.5, 0.6) is 0 Å². The van der Waals surface area contributed by atoms with Gasteiger partial charge >= 0.3 is 0 Å². The SMILES string of the molecule is O=C(CCCCO)N[C@@H](CO)c1ccccc1. The highest BCUT2D eigenvalue weighted by molar-refractivity contribution is 5.76. The predicted molar refractivity (Wildman–Crippen MR) is 65.3 cm³/mol. The molecule has 0 radical (unpaired) electrons. The van der Waals surface area contributed by atoms with Crippen LogP contribution in [0.1, 0.15) is 30.9 Å². The quantitative estimate of drug-likeness (QED) is 0.620. The van der Waals surface area contributed by atoms with Crippen LogP contribution >= 0.6 is 0 Å². The fourth-order valence-corrected chi connectivity index (χ4v) is 1.58. The predicted octanol–water partition coefficient (Wildman–Crippen LogP) is 0.999. The van der Waals surface area contributed by atoms with Gasteiger partial charge < -0.3 is 15.5 Å². The van der Waals surface area contributed by atoms with Gasteiger partial charge in [0.2, 0.25) is 5.91 Å². The van der Waals surface area contributed by atoms with Gasteiger partial charge in [0.05, 0.1) is 12.6 Å². The third kappa shape index (κ3) is 4.97. The first-order valence-electron chi connectivity index (χ1n) is 5.84. The fraction of sp³-hybridized carbons (Fsp3) is 0.462. The summed E-state index contributed by atoms with van der Waals surface area (Å²) in [5.41, 5.74) is 0.894. The smallest absolute Gasteiger partial charge is 0.220 e. The molecule has 1 amide bonds. The minimum atomic E-state index is -0.349. The number of unbranched alkanes of at least 4 members (excludes halogenated alkanes) is 1. The normalized spacial score (nSPS) is 12.1. The van der Waals surface area contributed by atoms with E-state index in [0.29, 0.717) is 19.3 Å². The van der Waals surface area contributed by atoms with Gasteiger partial charge in [0.1, 0.15) is 0 Å². The Hall–Kier alpha value is -1.39. The van der Waals surface area contributed by atoms with Gasteiger partial charge in [-0.2, -0.15) is 0 Å². The molecular weight excluding hydrogens is 218 g/mol. The number of carbonyl (C=O) groups is 1. The molecule has 0 saturated carbocycles. The molecule has 1 rings (SSSR count). The van der Waals surface area contributed by atoms with Crippen molar-refractivity contribution in [2.24, 2.45) is 0 Å². The van der Waals surface area contributed by atoms with Gasteiger partial charge in [-0.1, -0.05) is 30.3 Å². The average molecular weight is 237 g/mol. The van der Waals surface area contributed by atoms with Crippen LogP contribution in [0.4, 0.5) is 0 Å². The van der Waals surface area contributed by atoms with E-state index in [1.807, 2.05) is 30.3 Å². The minimum absolute atomic E-state index is 0.0960. The fourth-order valence-electron chi connectivity index (χ4n) is 1.58. The van der Waals surface area contributed by atoms with Crippen molar-refractivity contribution < 1.29 is 15.0 Å². The number of amides is 1. The van der Waals surface area contributed by atoms with Crippen molar-refractivity contribution in [1.82, 2.24) is 5.32 Å². The molecule has 0 aliphatic rings. The van der Waals surface area contributed by atoms with E-state index >= 15 is 0 Å². The molecule has 0 spiro atoms. The first-order valence-corrected chi connectivity index (χ1v) is 5.84. The van der Waals surface area contributed by atoms with E-state index in [0.717, 1.165) is 5.56 Å². The van der Waals surface area contributed by atoms with Gasteiger partial charge in [-0.15, -0.1) is 0 Å². The zero-order chi connectivity index (χ0) is 12.5. The summed E-state index contributed by atoms with van der Waals surface area (Å²) in [7, 11) is 0. The number of aliphatic hydroxyl groups is 2. The summed E-state index contributed by atoms with van der Waals surface area (Å²) < 4.78 is 0. The lowest BCUT2D eigenvalue weighted by atomic mass is 10.1. The highest BCUT2D eigenvalue weighted by Crippen LogP contribution is 2.11. The number of carbonyl (C=O) groups excluding carboxylic acids is 1. The van der Waals surface area contributed by atoms with Crippen LogP contribution in [-0.2, 0) is 4.79 Å². The number of hydrogen-bond donors (Lipinski definition) is 3. The van der Waals surface area contributed by atoms with Crippen LogP contribution in [0.3, 0.4) is 0 Å². The maximum Gasteiger partial charge on any atom is 0.220 e. The molecule has 4 nitrogen and oxygen atoms in total. The molecule has 0 fully saturated rings. The number of nitrogens with one attached hydrogen (secondary N) is 1. The van der Waals surface area contributed by atoms with Crippen LogP contribution in [0, 0.1) is 0 Å². The second-order valence-electron chi connectivity index (χ2n) is 3.89. The Morgan fingerprint density at radius 1 is 1.18 bits per heavy atom. The maximum absolute atomic E-state index is 11.6. The maximum atomic E-state index is 11.6. The van der Waals surface area contributed by atoms with Crippen molar-refractivity contribution in [3.63, 3.8) is 0 Å². The van der Waals surface area contributed by atoms with E-state index in [1.165, 1.54) is 0 Å². The molecule has 1 atom stereocenters. The van der Waals surface area contributed by atoms with Gasteiger partial charge in [-0.05, 0) is 18.4 Å². The molecule has 0 heterocycles. The van der Waals surface area contributed by atoms with Crippen molar-refractivity contribution >= 4 is 5.91 Å².